The van der Waals surface area contributed by atoms with Gasteiger partial charge in [0.2, 0.25) is 41.4 Å². The second-order valence-electron chi connectivity index (χ2n) is 13.4. The van der Waals surface area contributed by atoms with E-state index in [0.717, 1.165) is 16.2 Å². The van der Waals surface area contributed by atoms with Crippen molar-refractivity contribution in [2.45, 2.75) is 151 Å². The smallest absolute Gasteiger partial charge is 0.243 e. The molecule has 2 aliphatic heterocycles. The second kappa shape index (κ2) is 22.4. The van der Waals surface area contributed by atoms with E-state index in [-0.39, 0.29) is 92.3 Å². The van der Waals surface area contributed by atoms with Gasteiger partial charge in [-0.2, -0.15) is 0 Å². The van der Waals surface area contributed by atoms with Crippen LogP contribution in [0.4, 0.5) is 0 Å². The van der Waals surface area contributed by atoms with Gasteiger partial charge in [-0.3, -0.25) is 43.4 Å². The van der Waals surface area contributed by atoms with Crippen LogP contribution in [0.25, 0.3) is 0 Å². The summed E-state index contributed by atoms with van der Waals surface area (Å²) < 4.78 is 5.99. The molecule has 13 nitrogen and oxygen atoms in total. The van der Waals surface area contributed by atoms with Crippen molar-refractivity contribution in [1.29, 1.82) is 0 Å². The minimum Gasteiger partial charge on any atom is -0.373 e. The van der Waals surface area contributed by atoms with Gasteiger partial charge in [-0.15, -0.1) is 0 Å². The van der Waals surface area contributed by atoms with Gasteiger partial charge in [0.25, 0.3) is 0 Å². The number of amides is 7. The number of likely N-dealkylation sites (tertiary alicyclic amines) is 2. The Morgan fingerprint density at radius 3 is 1.90 bits per heavy atom. The molecule has 0 bridgehead atoms. The van der Waals surface area contributed by atoms with Crippen molar-refractivity contribution in [3.05, 3.63) is 0 Å². The van der Waals surface area contributed by atoms with Crippen LogP contribution in [-0.4, -0.2) is 94.6 Å². The summed E-state index contributed by atoms with van der Waals surface area (Å²) in [4.78, 5) is 89.4. The van der Waals surface area contributed by atoms with Crippen molar-refractivity contribution in [1.82, 2.24) is 25.8 Å². The first-order valence-corrected chi connectivity index (χ1v) is 18.2. The highest BCUT2D eigenvalue weighted by Crippen LogP contribution is 2.22. The van der Waals surface area contributed by atoms with Gasteiger partial charge in [0.05, 0.1) is 17.7 Å². The van der Waals surface area contributed by atoms with Gasteiger partial charge in [0, 0.05) is 57.2 Å². The summed E-state index contributed by atoms with van der Waals surface area (Å²) in [6.07, 6.45) is 2.91. The molecule has 2 fully saturated rings. The summed E-state index contributed by atoms with van der Waals surface area (Å²) in [5, 5.41) is 8.50. The highest BCUT2D eigenvalue weighted by atomic mass is 16.5. The number of ether oxygens (including phenoxy) is 1. The van der Waals surface area contributed by atoms with Crippen molar-refractivity contribution in [2.75, 3.05) is 26.2 Å². The molecule has 0 aromatic heterocycles. The molecule has 7 amide bonds. The van der Waals surface area contributed by atoms with Gasteiger partial charge in [-0.05, 0) is 59.8 Å². The zero-order valence-electron chi connectivity index (χ0n) is 32.1. The normalized spacial score (nSPS) is 18.3. The maximum atomic E-state index is 13.3. The average molecular weight is 696 g/mol. The molecular formula is C36H65N5O8. The molecule has 2 saturated heterocycles. The molecule has 282 valence electrons. The predicted molar refractivity (Wildman–Crippen MR) is 189 cm³/mol. The fraction of sp³-hybridized carbons (Fsp3) is 0.806. The summed E-state index contributed by atoms with van der Waals surface area (Å²) in [5.41, 5.74) is -1.08. The zero-order chi connectivity index (χ0) is 37.9. The quantitative estimate of drug-likeness (QED) is 0.135. The standard InChI is InChI=1S/C32H53N5O8.2C2H6/c1-8-22-19-27(41)37(30(22)44)16-13-24(38)33-15-11-10-12-23(28(42)35-31(4,5)20-45-32(6,7)9-2)34-25(39)14-17-36-26(40)18-21(3)29(36)43;2*1-2/h21-23H,8-20H2,1-7H3,(H,33,38)(H,34,39)(H,35,42);2*1-2H3. The second-order valence-corrected chi connectivity index (χ2v) is 13.4. The third kappa shape index (κ3) is 15.8. The van der Waals surface area contributed by atoms with Gasteiger partial charge in [-0.25, -0.2) is 0 Å². The van der Waals surface area contributed by atoms with Gasteiger partial charge in [0.1, 0.15) is 6.04 Å². The van der Waals surface area contributed by atoms with Crippen LogP contribution in [0.15, 0.2) is 0 Å². The fourth-order valence-corrected chi connectivity index (χ4v) is 5.07. The number of carbonyl (C=O) groups excluding carboxylic acids is 7. The third-order valence-corrected chi connectivity index (χ3v) is 8.45. The van der Waals surface area contributed by atoms with E-state index >= 15 is 0 Å². The van der Waals surface area contributed by atoms with Gasteiger partial charge >= 0.3 is 0 Å². The molecule has 49 heavy (non-hydrogen) atoms. The lowest BCUT2D eigenvalue weighted by Crippen LogP contribution is -2.55. The Bertz CT molecular complexity index is 1120. The number of nitrogens with one attached hydrogen (secondary N) is 3. The number of hydrogen-bond donors (Lipinski definition) is 3. The highest BCUT2D eigenvalue weighted by molar-refractivity contribution is 6.04. The van der Waals surface area contributed by atoms with Crippen LogP contribution in [0, 0.1) is 11.8 Å². The molecule has 2 heterocycles. The lowest BCUT2D eigenvalue weighted by molar-refractivity contribution is -0.141. The van der Waals surface area contributed by atoms with Crippen molar-refractivity contribution >= 4 is 41.4 Å². The number of hydrogen-bond acceptors (Lipinski definition) is 8. The predicted octanol–water partition coefficient (Wildman–Crippen LogP) is 3.87. The van der Waals surface area contributed by atoms with Crippen LogP contribution in [0.1, 0.15) is 134 Å². The van der Waals surface area contributed by atoms with Crippen molar-refractivity contribution in [2.24, 2.45) is 11.8 Å². The Balaban J connectivity index is 0.00000554. The lowest BCUT2D eigenvalue weighted by Gasteiger charge is -2.33. The molecule has 13 heteroatoms. The lowest BCUT2D eigenvalue weighted by atomic mass is 10.0. The topological polar surface area (TPSA) is 171 Å². The summed E-state index contributed by atoms with van der Waals surface area (Å²) in [6.45, 7) is 21.7. The van der Waals surface area contributed by atoms with Crippen LogP contribution in [0.2, 0.25) is 0 Å². The van der Waals surface area contributed by atoms with E-state index in [1.54, 1.807) is 6.92 Å². The fourth-order valence-electron chi connectivity index (χ4n) is 5.07. The summed E-state index contributed by atoms with van der Waals surface area (Å²) in [7, 11) is 0. The molecule has 3 N–H and O–H groups in total. The minimum atomic E-state index is -0.880. The SMILES string of the molecule is CC.CC.CCC1CC(=O)N(CCC(=O)NCCCCC(NC(=O)CCN2C(=O)CC(C)C2=O)C(=O)NC(C)(C)COC(C)(C)CC)C1=O. The average Bonchev–Trinajstić information content (AvgIpc) is 3.48. The Hall–Kier alpha value is -3.35. The van der Waals surface area contributed by atoms with Crippen LogP contribution in [0.5, 0.6) is 0 Å². The van der Waals surface area contributed by atoms with E-state index < -0.39 is 23.4 Å². The number of unbranched alkanes of at least 4 members (excludes halogenated alkanes) is 1. The molecular weight excluding hydrogens is 630 g/mol. The highest BCUT2D eigenvalue weighted by Gasteiger charge is 2.37. The number of rotatable bonds is 19. The maximum Gasteiger partial charge on any atom is 0.243 e. The molecule has 0 saturated carbocycles. The van der Waals surface area contributed by atoms with Crippen LogP contribution >= 0.6 is 0 Å². The summed E-state index contributed by atoms with van der Waals surface area (Å²) in [5.74, 6) is -2.91. The summed E-state index contributed by atoms with van der Waals surface area (Å²) >= 11 is 0. The molecule has 0 aliphatic carbocycles. The van der Waals surface area contributed by atoms with Gasteiger partial charge in [-0.1, -0.05) is 48.5 Å². The van der Waals surface area contributed by atoms with Crippen molar-refractivity contribution in [3.63, 3.8) is 0 Å². The van der Waals surface area contributed by atoms with Gasteiger partial charge < -0.3 is 20.7 Å². The van der Waals surface area contributed by atoms with Crippen LogP contribution in [0.3, 0.4) is 0 Å². The van der Waals surface area contributed by atoms with Crippen LogP contribution in [-0.2, 0) is 38.3 Å². The molecule has 0 aromatic carbocycles. The Labute approximate surface area is 294 Å². The maximum absolute atomic E-state index is 13.3. The molecule has 2 aliphatic rings. The largest absolute Gasteiger partial charge is 0.373 e. The Kier molecular flexibility index (Phi) is 20.9. The first-order chi connectivity index (χ1) is 23.0. The minimum absolute atomic E-state index is 0.0157. The van der Waals surface area contributed by atoms with E-state index in [1.165, 1.54) is 0 Å². The Morgan fingerprint density at radius 2 is 1.39 bits per heavy atom. The molecule has 3 unspecified atom stereocenters. The first kappa shape index (κ1) is 45.6. The molecule has 2 rings (SSSR count). The van der Waals surface area contributed by atoms with Crippen molar-refractivity contribution < 1.29 is 38.3 Å². The van der Waals surface area contributed by atoms with E-state index in [1.807, 2.05) is 69.2 Å². The number of imide groups is 2. The molecule has 3 atom stereocenters. The molecule has 0 spiro atoms. The van der Waals surface area contributed by atoms with E-state index in [4.69, 9.17) is 4.74 Å². The zero-order valence-corrected chi connectivity index (χ0v) is 32.1. The number of carbonyl (C=O) groups is 7. The third-order valence-electron chi connectivity index (χ3n) is 8.45. The number of nitrogens with zero attached hydrogens (tertiary/aromatic N) is 2. The monoisotopic (exact) mass is 695 g/mol. The van der Waals surface area contributed by atoms with Gasteiger partial charge in [0.15, 0.2) is 0 Å². The van der Waals surface area contributed by atoms with Crippen LogP contribution < -0.4 is 16.0 Å². The molecule has 0 aromatic rings. The first-order valence-electron chi connectivity index (χ1n) is 18.2. The Morgan fingerprint density at radius 1 is 0.837 bits per heavy atom. The van der Waals surface area contributed by atoms with Crippen molar-refractivity contribution in [3.8, 4) is 0 Å². The van der Waals surface area contributed by atoms with E-state index in [0.29, 0.717) is 32.2 Å². The molecule has 0 radical (unpaired) electrons. The van der Waals surface area contributed by atoms with E-state index in [9.17, 15) is 33.6 Å². The summed E-state index contributed by atoms with van der Waals surface area (Å²) in [6, 6.07) is -0.880. The van der Waals surface area contributed by atoms with E-state index in [2.05, 4.69) is 16.0 Å².